The molecule has 1 fully saturated rings. The maximum atomic E-state index is 12.9. The molecule has 140 valence electrons. The SMILES string of the molecule is CN=C(NCCCCN1CCCCC1C)NCCc1ccc(F)cc1. The molecule has 0 aromatic heterocycles. The monoisotopic (exact) mass is 348 g/mol. The minimum Gasteiger partial charge on any atom is -0.356 e. The fraction of sp³-hybridized carbons (Fsp3) is 0.650. The summed E-state index contributed by atoms with van der Waals surface area (Å²) >= 11 is 0. The maximum Gasteiger partial charge on any atom is 0.190 e. The molecular formula is C20H33FN4. The Labute approximate surface area is 151 Å². The number of piperidine rings is 1. The highest BCUT2D eigenvalue weighted by atomic mass is 19.1. The molecule has 0 spiro atoms. The summed E-state index contributed by atoms with van der Waals surface area (Å²) in [5, 5.41) is 6.69. The first kappa shape index (κ1) is 19.7. The van der Waals surface area contributed by atoms with Gasteiger partial charge in [-0.2, -0.15) is 0 Å². The van der Waals surface area contributed by atoms with Crippen LogP contribution in [-0.2, 0) is 6.42 Å². The molecule has 1 aromatic rings. The number of rotatable bonds is 8. The van der Waals surface area contributed by atoms with Gasteiger partial charge in [-0.3, -0.25) is 4.99 Å². The number of likely N-dealkylation sites (tertiary alicyclic amines) is 1. The van der Waals surface area contributed by atoms with Gasteiger partial charge in [0.25, 0.3) is 0 Å². The number of aliphatic imine (C=N–C) groups is 1. The zero-order valence-corrected chi connectivity index (χ0v) is 15.7. The Morgan fingerprint density at radius 2 is 1.92 bits per heavy atom. The number of benzene rings is 1. The second kappa shape index (κ2) is 11.1. The van der Waals surface area contributed by atoms with E-state index in [1.54, 1.807) is 7.05 Å². The van der Waals surface area contributed by atoms with Crippen molar-refractivity contribution in [2.75, 3.05) is 33.2 Å². The van der Waals surface area contributed by atoms with E-state index in [1.807, 2.05) is 12.1 Å². The van der Waals surface area contributed by atoms with Crippen LogP contribution in [0.25, 0.3) is 0 Å². The topological polar surface area (TPSA) is 39.7 Å². The molecule has 0 amide bonds. The normalized spacial score (nSPS) is 19.0. The molecule has 1 aromatic carbocycles. The number of nitrogens with one attached hydrogen (secondary N) is 2. The Balaban J connectivity index is 1.55. The first-order valence-electron chi connectivity index (χ1n) is 9.62. The molecule has 0 radical (unpaired) electrons. The Hall–Kier alpha value is -1.62. The van der Waals surface area contributed by atoms with Crippen molar-refractivity contribution in [1.82, 2.24) is 15.5 Å². The summed E-state index contributed by atoms with van der Waals surface area (Å²) in [6, 6.07) is 7.42. The zero-order valence-electron chi connectivity index (χ0n) is 15.7. The highest BCUT2D eigenvalue weighted by Crippen LogP contribution is 2.16. The molecule has 5 heteroatoms. The van der Waals surface area contributed by atoms with Crippen molar-refractivity contribution in [3.05, 3.63) is 35.6 Å². The molecule has 2 rings (SSSR count). The van der Waals surface area contributed by atoms with E-state index < -0.39 is 0 Å². The molecule has 25 heavy (non-hydrogen) atoms. The number of nitrogens with zero attached hydrogens (tertiary/aromatic N) is 2. The molecule has 1 atom stereocenters. The lowest BCUT2D eigenvalue weighted by molar-refractivity contribution is 0.158. The van der Waals surface area contributed by atoms with Crippen molar-refractivity contribution in [3.63, 3.8) is 0 Å². The van der Waals surface area contributed by atoms with E-state index >= 15 is 0 Å². The van der Waals surface area contributed by atoms with E-state index in [9.17, 15) is 4.39 Å². The minimum atomic E-state index is -0.187. The van der Waals surface area contributed by atoms with Crippen molar-refractivity contribution < 1.29 is 4.39 Å². The van der Waals surface area contributed by atoms with E-state index in [0.29, 0.717) is 0 Å². The van der Waals surface area contributed by atoms with Gasteiger partial charge >= 0.3 is 0 Å². The predicted octanol–water partition coefficient (Wildman–Crippen LogP) is 3.19. The van der Waals surface area contributed by atoms with Crippen LogP contribution >= 0.6 is 0 Å². The summed E-state index contributed by atoms with van der Waals surface area (Å²) < 4.78 is 12.9. The summed E-state index contributed by atoms with van der Waals surface area (Å²) in [5.74, 6) is 0.654. The third-order valence-electron chi connectivity index (χ3n) is 4.95. The van der Waals surface area contributed by atoms with Gasteiger partial charge in [-0.25, -0.2) is 4.39 Å². The van der Waals surface area contributed by atoms with Gasteiger partial charge in [-0.05, 0) is 69.8 Å². The summed E-state index contributed by atoms with van der Waals surface area (Å²) in [6.45, 7) is 6.56. The molecule has 0 aliphatic carbocycles. The Morgan fingerprint density at radius 3 is 2.64 bits per heavy atom. The lowest BCUT2D eigenvalue weighted by Crippen LogP contribution is -2.40. The van der Waals surface area contributed by atoms with Gasteiger partial charge in [0.2, 0.25) is 0 Å². The highest BCUT2D eigenvalue weighted by Gasteiger charge is 2.16. The largest absolute Gasteiger partial charge is 0.356 e. The number of halogens is 1. The average molecular weight is 349 g/mol. The molecule has 1 aliphatic heterocycles. The van der Waals surface area contributed by atoms with Crippen LogP contribution in [0.3, 0.4) is 0 Å². The molecule has 0 bridgehead atoms. The van der Waals surface area contributed by atoms with Gasteiger partial charge in [-0.15, -0.1) is 0 Å². The second-order valence-electron chi connectivity index (χ2n) is 6.89. The van der Waals surface area contributed by atoms with Gasteiger partial charge in [0.1, 0.15) is 5.82 Å². The fourth-order valence-electron chi connectivity index (χ4n) is 3.33. The predicted molar refractivity (Wildman–Crippen MR) is 104 cm³/mol. The Morgan fingerprint density at radius 1 is 1.16 bits per heavy atom. The maximum absolute atomic E-state index is 12.9. The fourth-order valence-corrected chi connectivity index (χ4v) is 3.33. The van der Waals surface area contributed by atoms with Crippen LogP contribution in [0.2, 0.25) is 0 Å². The summed E-state index contributed by atoms with van der Waals surface area (Å²) in [5.41, 5.74) is 1.13. The van der Waals surface area contributed by atoms with Crippen LogP contribution in [0.1, 0.15) is 44.6 Å². The quantitative estimate of drug-likeness (QED) is 0.431. The number of hydrogen-bond donors (Lipinski definition) is 2. The Kier molecular flexibility index (Phi) is 8.73. The summed E-state index contributed by atoms with van der Waals surface area (Å²) in [6.07, 6.45) is 7.33. The van der Waals surface area contributed by atoms with Gasteiger partial charge in [0.15, 0.2) is 5.96 Å². The average Bonchev–Trinajstić information content (AvgIpc) is 2.63. The molecule has 1 aliphatic rings. The van der Waals surface area contributed by atoms with Crippen molar-refractivity contribution >= 4 is 5.96 Å². The number of hydrogen-bond acceptors (Lipinski definition) is 2. The summed E-state index contributed by atoms with van der Waals surface area (Å²) in [7, 11) is 1.79. The first-order chi connectivity index (χ1) is 12.2. The van der Waals surface area contributed by atoms with E-state index in [4.69, 9.17) is 0 Å². The van der Waals surface area contributed by atoms with Crippen molar-refractivity contribution in [2.24, 2.45) is 4.99 Å². The van der Waals surface area contributed by atoms with Crippen LogP contribution in [0, 0.1) is 5.82 Å². The molecular weight excluding hydrogens is 315 g/mol. The third-order valence-corrected chi connectivity index (χ3v) is 4.95. The van der Waals surface area contributed by atoms with E-state index in [1.165, 1.54) is 50.9 Å². The van der Waals surface area contributed by atoms with Crippen LogP contribution in [0.4, 0.5) is 4.39 Å². The van der Waals surface area contributed by atoms with E-state index in [0.717, 1.165) is 43.5 Å². The van der Waals surface area contributed by atoms with Gasteiger partial charge < -0.3 is 15.5 Å². The molecule has 0 saturated carbocycles. The molecule has 2 N–H and O–H groups in total. The highest BCUT2D eigenvalue weighted by molar-refractivity contribution is 5.79. The van der Waals surface area contributed by atoms with Crippen LogP contribution in [0.15, 0.2) is 29.3 Å². The van der Waals surface area contributed by atoms with Crippen molar-refractivity contribution in [2.45, 2.75) is 51.5 Å². The second-order valence-corrected chi connectivity index (χ2v) is 6.89. The molecule has 1 heterocycles. The standard InChI is InChI=1S/C20H33FN4/c1-17-7-3-5-15-25(17)16-6-4-13-23-20(22-2)24-14-12-18-8-10-19(21)11-9-18/h8-11,17H,3-7,12-16H2,1-2H3,(H2,22,23,24). The van der Waals surface area contributed by atoms with Crippen molar-refractivity contribution in [3.8, 4) is 0 Å². The Bertz CT molecular complexity index is 515. The lowest BCUT2D eigenvalue weighted by atomic mass is 10.0. The third kappa shape index (κ3) is 7.43. The van der Waals surface area contributed by atoms with Gasteiger partial charge in [0.05, 0.1) is 0 Å². The minimum absolute atomic E-state index is 0.187. The van der Waals surface area contributed by atoms with Crippen LogP contribution in [-0.4, -0.2) is 50.1 Å². The van der Waals surface area contributed by atoms with E-state index in [-0.39, 0.29) is 5.82 Å². The zero-order chi connectivity index (χ0) is 17.9. The molecule has 1 unspecified atom stereocenters. The van der Waals surface area contributed by atoms with Crippen LogP contribution < -0.4 is 10.6 Å². The number of unbranched alkanes of at least 4 members (excludes halogenated alkanes) is 1. The molecule has 1 saturated heterocycles. The molecule has 4 nitrogen and oxygen atoms in total. The first-order valence-corrected chi connectivity index (χ1v) is 9.62. The smallest absolute Gasteiger partial charge is 0.190 e. The van der Waals surface area contributed by atoms with Gasteiger partial charge in [-0.1, -0.05) is 18.6 Å². The van der Waals surface area contributed by atoms with Crippen molar-refractivity contribution in [1.29, 1.82) is 0 Å². The lowest BCUT2D eigenvalue weighted by Gasteiger charge is -2.33. The number of guanidine groups is 1. The van der Waals surface area contributed by atoms with E-state index in [2.05, 4.69) is 27.4 Å². The van der Waals surface area contributed by atoms with Gasteiger partial charge in [0, 0.05) is 26.2 Å². The van der Waals surface area contributed by atoms with Crippen LogP contribution in [0.5, 0.6) is 0 Å². The summed E-state index contributed by atoms with van der Waals surface area (Å²) in [4.78, 5) is 6.88.